The highest BCUT2D eigenvalue weighted by Crippen LogP contribution is 2.39. The molecule has 0 bridgehead atoms. The predicted octanol–water partition coefficient (Wildman–Crippen LogP) is 4.60. The van der Waals surface area contributed by atoms with Crippen LogP contribution in [-0.4, -0.2) is 44.2 Å². The van der Waals surface area contributed by atoms with Gasteiger partial charge in [0.1, 0.15) is 0 Å². The van der Waals surface area contributed by atoms with E-state index in [0.717, 1.165) is 11.5 Å². The molecule has 0 saturated heterocycles. The minimum absolute atomic E-state index is 0.302. The maximum Gasteiger partial charge on any atom is 0.223 e. The maximum absolute atomic E-state index is 13.1. The van der Waals surface area contributed by atoms with Gasteiger partial charge in [0.15, 0.2) is 11.5 Å². The molecule has 2 aliphatic carbocycles. The van der Waals surface area contributed by atoms with Crippen LogP contribution in [0.25, 0.3) is 0 Å². The highest BCUT2D eigenvalue weighted by atomic mass is 16.5. The molecule has 0 aliphatic heterocycles. The lowest BCUT2D eigenvalue weighted by Crippen LogP contribution is -2.44. The zero-order chi connectivity index (χ0) is 20.1. The standard InChI is InChI=1S/C23H35NO4/c1-5-16-6-9-18(10-7-16)24(19-11-12-19)22(25)13-8-17-14-20(26-2)23(28-4)21(15-17)27-3/h14-16,18-19H,5-13H2,1-4H3. The van der Waals surface area contributed by atoms with Crippen LogP contribution in [0.1, 0.15) is 63.9 Å². The number of hydrogen-bond donors (Lipinski definition) is 0. The third kappa shape index (κ3) is 4.73. The van der Waals surface area contributed by atoms with Gasteiger partial charge in [-0.15, -0.1) is 0 Å². The van der Waals surface area contributed by atoms with Gasteiger partial charge in [-0.25, -0.2) is 0 Å². The van der Waals surface area contributed by atoms with Crippen LogP contribution in [0.2, 0.25) is 0 Å². The van der Waals surface area contributed by atoms with Crippen LogP contribution in [0.3, 0.4) is 0 Å². The molecule has 3 rings (SSSR count). The third-order valence-electron chi connectivity index (χ3n) is 6.37. The normalized spacial score (nSPS) is 21.9. The minimum Gasteiger partial charge on any atom is -0.493 e. The van der Waals surface area contributed by atoms with Crippen LogP contribution in [0.4, 0.5) is 0 Å². The topological polar surface area (TPSA) is 48.0 Å². The highest BCUT2D eigenvalue weighted by Gasteiger charge is 2.38. The lowest BCUT2D eigenvalue weighted by molar-refractivity contribution is -0.135. The van der Waals surface area contributed by atoms with E-state index in [1.165, 1.54) is 44.9 Å². The van der Waals surface area contributed by atoms with Crippen LogP contribution in [0.15, 0.2) is 12.1 Å². The fraction of sp³-hybridized carbons (Fsp3) is 0.696. The monoisotopic (exact) mass is 389 g/mol. The van der Waals surface area contributed by atoms with Gasteiger partial charge < -0.3 is 19.1 Å². The summed E-state index contributed by atoms with van der Waals surface area (Å²) in [7, 11) is 4.84. The molecule has 2 saturated carbocycles. The molecule has 0 unspecified atom stereocenters. The Morgan fingerprint density at radius 1 is 0.929 bits per heavy atom. The van der Waals surface area contributed by atoms with E-state index in [9.17, 15) is 4.79 Å². The van der Waals surface area contributed by atoms with Crippen molar-refractivity contribution in [1.29, 1.82) is 0 Å². The molecular formula is C23H35NO4. The fourth-order valence-electron chi connectivity index (χ4n) is 4.55. The molecule has 28 heavy (non-hydrogen) atoms. The van der Waals surface area contributed by atoms with Crippen molar-refractivity contribution in [2.24, 2.45) is 5.92 Å². The SMILES string of the molecule is CCC1CCC(N(C(=O)CCc2cc(OC)c(OC)c(OC)c2)C2CC2)CC1. The second-order valence-electron chi connectivity index (χ2n) is 8.15. The van der Waals surface area contributed by atoms with Crippen molar-refractivity contribution in [2.45, 2.75) is 76.8 Å². The van der Waals surface area contributed by atoms with Crippen molar-refractivity contribution in [1.82, 2.24) is 4.90 Å². The lowest BCUT2D eigenvalue weighted by Gasteiger charge is -2.37. The van der Waals surface area contributed by atoms with E-state index in [0.29, 0.717) is 48.1 Å². The molecule has 0 atom stereocenters. The number of aryl methyl sites for hydroxylation is 1. The van der Waals surface area contributed by atoms with Crippen LogP contribution >= 0.6 is 0 Å². The smallest absolute Gasteiger partial charge is 0.223 e. The van der Waals surface area contributed by atoms with E-state index in [-0.39, 0.29) is 0 Å². The van der Waals surface area contributed by atoms with Crippen LogP contribution in [-0.2, 0) is 11.2 Å². The minimum atomic E-state index is 0.302. The van der Waals surface area contributed by atoms with Gasteiger partial charge in [-0.1, -0.05) is 13.3 Å². The van der Waals surface area contributed by atoms with Crippen molar-refractivity contribution in [3.8, 4) is 17.2 Å². The number of rotatable bonds is 9. The Morgan fingerprint density at radius 2 is 1.46 bits per heavy atom. The Morgan fingerprint density at radius 3 is 1.89 bits per heavy atom. The number of ether oxygens (including phenoxy) is 3. The molecule has 0 heterocycles. The van der Waals surface area contributed by atoms with E-state index < -0.39 is 0 Å². The molecule has 5 nitrogen and oxygen atoms in total. The predicted molar refractivity (Wildman–Crippen MR) is 110 cm³/mol. The molecular weight excluding hydrogens is 354 g/mol. The van der Waals surface area contributed by atoms with Gasteiger partial charge >= 0.3 is 0 Å². The number of benzene rings is 1. The Bertz CT molecular complexity index is 638. The summed E-state index contributed by atoms with van der Waals surface area (Å²) in [6.45, 7) is 2.28. The van der Waals surface area contributed by atoms with Gasteiger partial charge in [-0.2, -0.15) is 0 Å². The first-order valence-corrected chi connectivity index (χ1v) is 10.7. The third-order valence-corrected chi connectivity index (χ3v) is 6.37. The van der Waals surface area contributed by atoms with Crippen molar-refractivity contribution < 1.29 is 19.0 Å². The molecule has 1 aromatic rings. The summed E-state index contributed by atoms with van der Waals surface area (Å²) in [5, 5.41) is 0. The zero-order valence-corrected chi connectivity index (χ0v) is 17.8. The van der Waals surface area contributed by atoms with Gasteiger partial charge in [-0.3, -0.25) is 4.79 Å². The first kappa shape index (κ1) is 20.8. The van der Waals surface area contributed by atoms with E-state index >= 15 is 0 Å². The number of amides is 1. The van der Waals surface area contributed by atoms with Gasteiger partial charge in [0.05, 0.1) is 21.3 Å². The number of nitrogens with zero attached hydrogens (tertiary/aromatic N) is 1. The quantitative estimate of drug-likeness (QED) is 0.619. The van der Waals surface area contributed by atoms with Gasteiger partial charge in [-0.05, 0) is 68.6 Å². The second kappa shape index (κ2) is 9.53. The first-order valence-electron chi connectivity index (χ1n) is 10.7. The fourth-order valence-corrected chi connectivity index (χ4v) is 4.55. The van der Waals surface area contributed by atoms with Crippen LogP contribution in [0.5, 0.6) is 17.2 Å². The van der Waals surface area contributed by atoms with Crippen molar-refractivity contribution in [3.05, 3.63) is 17.7 Å². The Hall–Kier alpha value is -1.91. The summed E-state index contributed by atoms with van der Waals surface area (Å²) in [5.41, 5.74) is 1.04. The van der Waals surface area contributed by atoms with Gasteiger partial charge in [0.25, 0.3) is 0 Å². The lowest BCUT2D eigenvalue weighted by atomic mass is 9.83. The van der Waals surface area contributed by atoms with E-state index in [1.807, 2.05) is 12.1 Å². The number of carbonyl (C=O) groups excluding carboxylic acids is 1. The van der Waals surface area contributed by atoms with Crippen LogP contribution < -0.4 is 14.2 Å². The molecule has 1 amide bonds. The molecule has 0 aromatic heterocycles. The number of hydrogen-bond acceptors (Lipinski definition) is 4. The van der Waals surface area contributed by atoms with Gasteiger partial charge in [0, 0.05) is 18.5 Å². The summed E-state index contributed by atoms with van der Waals surface area (Å²) < 4.78 is 16.3. The first-order chi connectivity index (χ1) is 13.6. The largest absolute Gasteiger partial charge is 0.493 e. The maximum atomic E-state index is 13.1. The summed E-state index contributed by atoms with van der Waals surface area (Å²) in [5.74, 6) is 3.03. The summed E-state index contributed by atoms with van der Waals surface area (Å²) in [6.07, 6.45) is 9.70. The molecule has 5 heteroatoms. The Kier molecular flexibility index (Phi) is 7.08. The average molecular weight is 390 g/mol. The van der Waals surface area contributed by atoms with E-state index in [2.05, 4.69) is 11.8 Å². The number of carbonyl (C=O) groups is 1. The Balaban J connectivity index is 1.65. The zero-order valence-electron chi connectivity index (χ0n) is 17.8. The van der Waals surface area contributed by atoms with Crippen LogP contribution in [0, 0.1) is 5.92 Å². The number of methoxy groups -OCH3 is 3. The van der Waals surface area contributed by atoms with Crippen molar-refractivity contribution in [2.75, 3.05) is 21.3 Å². The summed E-state index contributed by atoms with van der Waals surface area (Å²) in [4.78, 5) is 15.4. The second-order valence-corrected chi connectivity index (χ2v) is 8.15. The molecule has 1 aromatic carbocycles. The summed E-state index contributed by atoms with van der Waals surface area (Å²) >= 11 is 0. The highest BCUT2D eigenvalue weighted by molar-refractivity contribution is 5.77. The molecule has 0 N–H and O–H groups in total. The molecule has 0 radical (unpaired) electrons. The molecule has 2 fully saturated rings. The average Bonchev–Trinajstić information content (AvgIpc) is 3.57. The Labute approximate surface area is 169 Å². The molecule has 2 aliphatic rings. The molecule has 156 valence electrons. The van der Waals surface area contributed by atoms with Gasteiger partial charge in [0.2, 0.25) is 11.7 Å². The van der Waals surface area contributed by atoms with Crippen molar-refractivity contribution in [3.63, 3.8) is 0 Å². The van der Waals surface area contributed by atoms with E-state index in [4.69, 9.17) is 14.2 Å². The summed E-state index contributed by atoms with van der Waals surface area (Å²) in [6, 6.07) is 4.82. The molecule has 0 spiro atoms. The van der Waals surface area contributed by atoms with E-state index in [1.54, 1.807) is 21.3 Å². The van der Waals surface area contributed by atoms with Crippen molar-refractivity contribution >= 4 is 5.91 Å².